The summed E-state index contributed by atoms with van der Waals surface area (Å²) in [4.78, 5) is 39.4. The fraction of sp³-hybridized carbons (Fsp3) is 0.167. The average Bonchev–Trinajstić information content (AvgIpc) is 3.49. The van der Waals surface area contributed by atoms with E-state index in [2.05, 4.69) is 62.6 Å². The lowest BCUT2D eigenvalue weighted by Gasteiger charge is -2.10. The molecule has 0 fully saturated rings. The Morgan fingerprint density at radius 3 is 1.53 bits per heavy atom. The van der Waals surface area contributed by atoms with Gasteiger partial charge in [0.15, 0.2) is 0 Å². The average molecular weight is 842 g/mol. The summed E-state index contributed by atoms with van der Waals surface area (Å²) < 4.78 is 0. The van der Waals surface area contributed by atoms with E-state index in [-0.39, 0.29) is 11.8 Å². The Hall–Kier alpha value is -5.12. The molecule has 0 bridgehead atoms. The number of carbonyl (C=O) groups excluding carboxylic acids is 2. The van der Waals surface area contributed by atoms with Gasteiger partial charge in [-0.3, -0.25) is 9.59 Å². The fourth-order valence-electron chi connectivity index (χ4n) is 6.28. The van der Waals surface area contributed by atoms with E-state index in [0.29, 0.717) is 46.1 Å². The first-order chi connectivity index (χ1) is 28.0. The van der Waals surface area contributed by atoms with E-state index >= 15 is 0 Å². The summed E-state index contributed by atoms with van der Waals surface area (Å²) in [5.74, 6) is 0.641. The predicted molar refractivity (Wildman–Crippen MR) is 242 cm³/mol. The van der Waals surface area contributed by atoms with Crippen molar-refractivity contribution in [3.8, 4) is 0 Å². The van der Waals surface area contributed by atoms with Gasteiger partial charge in [-0.2, -0.15) is 0 Å². The van der Waals surface area contributed by atoms with Crippen molar-refractivity contribution in [2.45, 2.75) is 47.3 Å². The molecule has 2 aliphatic rings. The minimum atomic E-state index is -0.0808. The molecular weight excluding hydrogens is 800 g/mol. The van der Waals surface area contributed by atoms with E-state index in [4.69, 9.17) is 33.2 Å². The molecule has 10 heteroatoms. The molecule has 0 atom stereocenters. The van der Waals surface area contributed by atoms with Crippen molar-refractivity contribution >= 4 is 81.3 Å². The summed E-state index contributed by atoms with van der Waals surface area (Å²) in [6, 6.07) is 43.2. The highest BCUT2D eigenvalue weighted by molar-refractivity contribution is 7.99. The third kappa shape index (κ3) is 9.76. The highest BCUT2D eigenvalue weighted by Gasteiger charge is 2.22. The molecule has 6 aromatic carbocycles. The molecule has 8 rings (SSSR count). The summed E-state index contributed by atoms with van der Waals surface area (Å²) in [7, 11) is 0. The third-order valence-corrected chi connectivity index (χ3v) is 12.0. The van der Waals surface area contributed by atoms with Gasteiger partial charge in [0.1, 0.15) is 0 Å². The quantitative estimate of drug-likeness (QED) is 0.160. The van der Waals surface area contributed by atoms with Crippen LogP contribution >= 0.6 is 46.7 Å². The second kappa shape index (κ2) is 18.6. The summed E-state index contributed by atoms with van der Waals surface area (Å²) in [6.45, 7) is 9.59. The van der Waals surface area contributed by atoms with Gasteiger partial charge in [-0.05, 0) is 78.6 Å². The number of benzene rings is 6. The number of halogens is 2. The molecule has 0 saturated heterocycles. The van der Waals surface area contributed by atoms with Crippen molar-refractivity contribution < 1.29 is 9.59 Å². The second-order valence-corrected chi connectivity index (χ2v) is 17.7. The predicted octanol–water partition coefficient (Wildman–Crippen LogP) is 12.7. The molecule has 0 saturated carbocycles. The Labute approximate surface area is 358 Å². The van der Waals surface area contributed by atoms with Gasteiger partial charge in [0.25, 0.3) is 11.8 Å². The van der Waals surface area contributed by atoms with Crippen LogP contribution in [-0.2, 0) is 0 Å². The van der Waals surface area contributed by atoms with E-state index in [1.165, 1.54) is 0 Å². The lowest BCUT2D eigenvalue weighted by atomic mass is 10.0. The van der Waals surface area contributed by atoms with Crippen LogP contribution in [0.3, 0.4) is 0 Å². The van der Waals surface area contributed by atoms with Gasteiger partial charge in [-0.1, -0.05) is 141 Å². The minimum Gasteiger partial charge on any atom is -0.352 e. The van der Waals surface area contributed by atoms with Crippen LogP contribution in [0.1, 0.15) is 70.7 Å². The molecule has 6 aromatic rings. The topological polar surface area (TPSA) is 82.9 Å². The first-order valence-electron chi connectivity index (χ1n) is 19.1. The molecule has 0 aliphatic carbocycles. The number of carbonyl (C=O) groups is 2. The lowest BCUT2D eigenvalue weighted by molar-refractivity contribution is 0.0941. The molecule has 2 N–H and O–H groups in total. The number of amides is 2. The van der Waals surface area contributed by atoms with Crippen LogP contribution in [-0.4, -0.2) is 36.3 Å². The summed E-state index contributed by atoms with van der Waals surface area (Å²) >= 11 is 16.1. The second-order valence-electron chi connectivity index (χ2n) is 14.7. The van der Waals surface area contributed by atoms with Crippen LogP contribution < -0.4 is 10.6 Å². The van der Waals surface area contributed by atoms with Crippen molar-refractivity contribution in [2.24, 2.45) is 21.8 Å². The number of nitrogens with zero attached hydrogens (tertiary/aromatic N) is 2. The largest absolute Gasteiger partial charge is 0.352 e. The molecule has 58 heavy (non-hydrogen) atoms. The molecule has 0 spiro atoms. The standard InChI is InChI=1S/2C24H21ClN2OS/c1-15(2)14-26-24(28)16-11-12-22-20(13-16)27-23(17-7-3-5-9-19(17)25)18-8-4-6-10-21(18)29-22;1-15(2)14-26-24(28)17-10-11-22-20(13-17)27-23(16-6-5-7-18(25)12-16)19-8-3-4-9-21(19)29-22/h2*3-13,15H,14H2,1-2H3,(H,26,28). The number of fused-ring (bicyclic) bond motifs is 4. The van der Waals surface area contributed by atoms with Gasteiger partial charge in [0, 0.05) is 76.1 Å². The van der Waals surface area contributed by atoms with E-state index < -0.39 is 0 Å². The van der Waals surface area contributed by atoms with Crippen LogP contribution in [0.2, 0.25) is 10.0 Å². The maximum Gasteiger partial charge on any atom is 0.251 e. The molecule has 0 unspecified atom stereocenters. The van der Waals surface area contributed by atoms with E-state index in [0.717, 1.165) is 64.6 Å². The molecule has 0 aromatic heterocycles. The maximum absolute atomic E-state index is 12.6. The first kappa shape index (κ1) is 41.1. The van der Waals surface area contributed by atoms with Gasteiger partial charge >= 0.3 is 0 Å². The Bertz CT molecular complexity index is 2570. The Morgan fingerprint density at radius 2 is 1.02 bits per heavy atom. The van der Waals surface area contributed by atoms with Gasteiger partial charge in [-0.15, -0.1) is 0 Å². The highest BCUT2D eigenvalue weighted by atomic mass is 35.5. The van der Waals surface area contributed by atoms with E-state index in [1.807, 2.05) is 109 Å². The molecule has 292 valence electrons. The minimum absolute atomic E-state index is 0.0761. The number of hydrogen-bond acceptors (Lipinski definition) is 6. The summed E-state index contributed by atoms with van der Waals surface area (Å²) in [5, 5.41) is 7.27. The van der Waals surface area contributed by atoms with E-state index in [1.54, 1.807) is 23.5 Å². The smallest absolute Gasteiger partial charge is 0.251 e. The van der Waals surface area contributed by atoms with Crippen LogP contribution in [0.4, 0.5) is 11.4 Å². The van der Waals surface area contributed by atoms with Crippen molar-refractivity contribution in [2.75, 3.05) is 13.1 Å². The van der Waals surface area contributed by atoms with Crippen LogP contribution in [0, 0.1) is 11.8 Å². The van der Waals surface area contributed by atoms with Crippen molar-refractivity contribution in [3.05, 3.63) is 177 Å². The van der Waals surface area contributed by atoms with Crippen molar-refractivity contribution in [1.29, 1.82) is 0 Å². The number of hydrogen-bond donors (Lipinski definition) is 2. The molecular formula is C48H42Cl2N4O2S2. The first-order valence-corrected chi connectivity index (χ1v) is 21.5. The van der Waals surface area contributed by atoms with Gasteiger partial charge < -0.3 is 10.6 Å². The zero-order chi connectivity index (χ0) is 40.8. The van der Waals surface area contributed by atoms with Crippen molar-refractivity contribution in [1.82, 2.24) is 10.6 Å². The normalized spacial score (nSPS) is 12.6. The molecule has 6 nitrogen and oxygen atoms in total. The molecule has 2 aliphatic heterocycles. The van der Waals surface area contributed by atoms with E-state index in [9.17, 15) is 9.59 Å². The van der Waals surface area contributed by atoms with Gasteiger partial charge in [0.05, 0.1) is 22.8 Å². The summed E-state index contributed by atoms with van der Waals surface area (Å²) in [5.41, 5.74) is 8.39. The number of nitrogens with one attached hydrogen (secondary N) is 2. The molecule has 2 heterocycles. The van der Waals surface area contributed by atoms with Crippen molar-refractivity contribution in [3.63, 3.8) is 0 Å². The van der Waals surface area contributed by atoms with Gasteiger partial charge in [0.2, 0.25) is 0 Å². The Kier molecular flexibility index (Phi) is 13.2. The monoisotopic (exact) mass is 840 g/mol. The summed E-state index contributed by atoms with van der Waals surface area (Å²) in [6.07, 6.45) is 0. The molecule has 0 radical (unpaired) electrons. The van der Waals surface area contributed by atoms with Gasteiger partial charge in [-0.25, -0.2) is 9.98 Å². The Balaban J connectivity index is 0.000000177. The number of aliphatic imine (C=N–C) groups is 2. The zero-order valence-electron chi connectivity index (χ0n) is 32.6. The van der Waals surface area contributed by atoms with Crippen LogP contribution in [0.15, 0.2) is 163 Å². The zero-order valence-corrected chi connectivity index (χ0v) is 35.7. The third-order valence-electron chi connectivity index (χ3n) is 9.20. The maximum atomic E-state index is 12.6. The Morgan fingerprint density at radius 1 is 0.534 bits per heavy atom. The molecule has 2 amide bonds. The van der Waals surface area contributed by atoms with Crippen LogP contribution in [0.5, 0.6) is 0 Å². The lowest BCUT2D eigenvalue weighted by Crippen LogP contribution is -2.27. The number of rotatable bonds is 8. The SMILES string of the molecule is CC(C)CNC(=O)c1ccc2c(c1)N=C(c1cccc(Cl)c1)c1ccccc1S2.CC(C)CNC(=O)c1ccc2c(c1)N=C(c1ccccc1Cl)c1ccccc1S2. The highest BCUT2D eigenvalue weighted by Crippen LogP contribution is 2.43. The van der Waals surface area contributed by atoms with Crippen LogP contribution in [0.25, 0.3) is 0 Å². The fourth-order valence-corrected chi connectivity index (χ4v) is 8.70.